The van der Waals surface area contributed by atoms with E-state index in [4.69, 9.17) is 9.47 Å². The molecule has 0 bridgehead atoms. The van der Waals surface area contributed by atoms with Gasteiger partial charge in [-0.2, -0.15) is 0 Å². The fourth-order valence-electron chi connectivity index (χ4n) is 2.86. The average molecular weight is 337 g/mol. The van der Waals surface area contributed by atoms with Gasteiger partial charge >= 0.3 is 6.09 Å². The second-order valence-corrected chi connectivity index (χ2v) is 5.74. The summed E-state index contributed by atoms with van der Waals surface area (Å²) in [7, 11) is 0. The molecule has 2 saturated heterocycles. The standard InChI is InChI=1S/C16H20FN3O4/c1-11(21)18-8-12-9-20(16(22)24-12)14-5-3-2-4-13(14)19-6-7-23-10-15(19)17/h2-5,12,15H,6-10H2,1H3,(H,18,21). The first-order valence-electron chi connectivity index (χ1n) is 7.86. The second-order valence-electron chi connectivity index (χ2n) is 5.74. The van der Waals surface area contributed by atoms with Gasteiger partial charge in [-0.15, -0.1) is 0 Å². The summed E-state index contributed by atoms with van der Waals surface area (Å²) >= 11 is 0. The number of morpholine rings is 1. The minimum absolute atomic E-state index is 0.00391. The molecular formula is C16H20FN3O4. The van der Waals surface area contributed by atoms with Crippen LogP contribution in [0.1, 0.15) is 6.92 Å². The van der Waals surface area contributed by atoms with Crippen LogP contribution in [0.15, 0.2) is 24.3 Å². The molecule has 0 spiro atoms. The Morgan fingerprint density at radius 3 is 2.83 bits per heavy atom. The van der Waals surface area contributed by atoms with E-state index >= 15 is 0 Å². The van der Waals surface area contributed by atoms with Crippen LogP contribution in [0.5, 0.6) is 0 Å². The van der Waals surface area contributed by atoms with E-state index < -0.39 is 18.5 Å². The molecule has 2 amide bonds. The fraction of sp³-hybridized carbons (Fsp3) is 0.500. The molecular weight excluding hydrogens is 317 g/mol. The minimum Gasteiger partial charge on any atom is -0.442 e. The fourth-order valence-corrected chi connectivity index (χ4v) is 2.86. The molecule has 2 aliphatic rings. The lowest BCUT2D eigenvalue weighted by molar-refractivity contribution is -0.119. The quantitative estimate of drug-likeness (QED) is 0.838. The molecule has 2 aliphatic heterocycles. The second kappa shape index (κ2) is 7.04. The van der Waals surface area contributed by atoms with Crippen LogP contribution in [-0.2, 0) is 14.3 Å². The Morgan fingerprint density at radius 2 is 2.12 bits per heavy atom. The summed E-state index contributed by atoms with van der Waals surface area (Å²) in [5.41, 5.74) is 1.22. The number of hydrogen-bond acceptors (Lipinski definition) is 5. The van der Waals surface area contributed by atoms with Crippen molar-refractivity contribution >= 4 is 23.4 Å². The van der Waals surface area contributed by atoms with Crippen molar-refractivity contribution in [3.05, 3.63) is 24.3 Å². The van der Waals surface area contributed by atoms with Gasteiger partial charge in [0.25, 0.3) is 0 Å². The van der Waals surface area contributed by atoms with Gasteiger partial charge in [0.15, 0.2) is 6.30 Å². The molecule has 0 radical (unpaired) electrons. The summed E-state index contributed by atoms with van der Waals surface area (Å²) in [4.78, 5) is 26.3. The van der Waals surface area contributed by atoms with Crippen LogP contribution in [-0.4, -0.2) is 57.2 Å². The van der Waals surface area contributed by atoms with E-state index in [1.807, 2.05) is 0 Å². The monoisotopic (exact) mass is 337 g/mol. The SMILES string of the molecule is CC(=O)NCC1CN(c2ccccc2N2CCOCC2F)C(=O)O1. The third-order valence-electron chi connectivity index (χ3n) is 4.00. The first-order valence-corrected chi connectivity index (χ1v) is 7.86. The normalized spacial score (nSPS) is 24.0. The van der Waals surface area contributed by atoms with Crippen molar-refractivity contribution in [1.82, 2.24) is 5.32 Å². The predicted molar refractivity (Wildman–Crippen MR) is 85.8 cm³/mol. The van der Waals surface area contributed by atoms with Gasteiger partial charge in [0.05, 0.1) is 37.7 Å². The van der Waals surface area contributed by atoms with E-state index in [0.717, 1.165) is 0 Å². The molecule has 2 heterocycles. The van der Waals surface area contributed by atoms with Gasteiger partial charge in [-0.3, -0.25) is 9.69 Å². The van der Waals surface area contributed by atoms with Crippen molar-refractivity contribution in [1.29, 1.82) is 0 Å². The van der Waals surface area contributed by atoms with Gasteiger partial charge < -0.3 is 19.7 Å². The van der Waals surface area contributed by atoms with E-state index in [0.29, 0.717) is 31.1 Å². The van der Waals surface area contributed by atoms with Crippen molar-refractivity contribution in [3.63, 3.8) is 0 Å². The molecule has 24 heavy (non-hydrogen) atoms. The van der Waals surface area contributed by atoms with E-state index in [2.05, 4.69) is 5.32 Å². The summed E-state index contributed by atoms with van der Waals surface area (Å²) < 4.78 is 24.6. The Kier molecular flexibility index (Phi) is 4.84. The van der Waals surface area contributed by atoms with Gasteiger partial charge in [0.2, 0.25) is 5.91 Å². The molecule has 130 valence electrons. The number of hydrogen-bond donors (Lipinski definition) is 1. The van der Waals surface area contributed by atoms with Crippen molar-refractivity contribution in [2.45, 2.75) is 19.3 Å². The smallest absolute Gasteiger partial charge is 0.414 e. The van der Waals surface area contributed by atoms with Gasteiger partial charge in [-0.1, -0.05) is 12.1 Å². The lowest BCUT2D eigenvalue weighted by Crippen LogP contribution is -2.43. The highest BCUT2D eigenvalue weighted by atomic mass is 19.1. The molecule has 8 heteroatoms. The third-order valence-corrected chi connectivity index (χ3v) is 4.00. The topological polar surface area (TPSA) is 71.1 Å². The number of ether oxygens (including phenoxy) is 2. The van der Waals surface area contributed by atoms with E-state index in [1.165, 1.54) is 11.8 Å². The number of halogens is 1. The number of anilines is 2. The summed E-state index contributed by atoms with van der Waals surface area (Å²) in [6.07, 6.45) is -2.18. The van der Waals surface area contributed by atoms with E-state index in [-0.39, 0.29) is 19.1 Å². The zero-order valence-corrected chi connectivity index (χ0v) is 13.4. The molecule has 1 aromatic rings. The predicted octanol–water partition coefficient (Wildman–Crippen LogP) is 1.28. The maximum atomic E-state index is 14.2. The van der Waals surface area contributed by atoms with Crippen LogP contribution in [0.2, 0.25) is 0 Å². The van der Waals surface area contributed by atoms with Gasteiger partial charge in [0, 0.05) is 13.5 Å². The molecule has 2 atom stereocenters. The minimum atomic E-state index is -1.26. The molecule has 1 N–H and O–H groups in total. The number of para-hydroxylation sites is 2. The highest BCUT2D eigenvalue weighted by Crippen LogP contribution is 2.34. The zero-order chi connectivity index (χ0) is 17.1. The maximum Gasteiger partial charge on any atom is 0.414 e. The summed E-state index contributed by atoms with van der Waals surface area (Å²) in [5, 5.41) is 2.64. The highest BCUT2D eigenvalue weighted by Gasteiger charge is 2.35. The Morgan fingerprint density at radius 1 is 1.38 bits per heavy atom. The number of rotatable bonds is 4. The lowest BCUT2D eigenvalue weighted by Gasteiger charge is -2.34. The van der Waals surface area contributed by atoms with Crippen molar-refractivity contribution in [3.8, 4) is 0 Å². The average Bonchev–Trinajstić information content (AvgIpc) is 2.94. The molecule has 2 unspecified atom stereocenters. The van der Waals surface area contributed by atoms with Gasteiger partial charge in [-0.25, -0.2) is 9.18 Å². The van der Waals surface area contributed by atoms with Crippen molar-refractivity contribution in [2.75, 3.05) is 42.6 Å². The Balaban J connectivity index is 1.79. The number of cyclic esters (lactones) is 1. The number of nitrogens with one attached hydrogen (secondary N) is 1. The number of alkyl halides is 1. The molecule has 0 aliphatic carbocycles. The summed E-state index contributed by atoms with van der Waals surface area (Å²) in [6, 6.07) is 7.14. The Bertz CT molecular complexity index is 627. The molecule has 2 fully saturated rings. The van der Waals surface area contributed by atoms with Gasteiger partial charge in [-0.05, 0) is 12.1 Å². The largest absolute Gasteiger partial charge is 0.442 e. The lowest BCUT2D eigenvalue weighted by atomic mass is 10.2. The number of benzene rings is 1. The summed E-state index contributed by atoms with van der Waals surface area (Å²) in [5.74, 6) is -0.182. The molecule has 0 saturated carbocycles. The molecule has 0 aromatic heterocycles. The number of carbonyl (C=O) groups excluding carboxylic acids is 2. The van der Waals surface area contributed by atoms with Gasteiger partial charge in [0.1, 0.15) is 6.10 Å². The van der Waals surface area contributed by atoms with Crippen LogP contribution in [0.3, 0.4) is 0 Å². The number of amides is 2. The maximum absolute atomic E-state index is 14.2. The molecule has 7 nitrogen and oxygen atoms in total. The first-order chi connectivity index (χ1) is 11.6. The van der Waals surface area contributed by atoms with Crippen molar-refractivity contribution < 1.29 is 23.5 Å². The first kappa shape index (κ1) is 16.5. The highest BCUT2D eigenvalue weighted by molar-refractivity contribution is 5.94. The third kappa shape index (κ3) is 3.43. The van der Waals surface area contributed by atoms with Crippen molar-refractivity contribution in [2.24, 2.45) is 0 Å². The summed E-state index contributed by atoms with van der Waals surface area (Å²) in [6.45, 7) is 2.81. The zero-order valence-electron chi connectivity index (χ0n) is 13.4. The molecule has 3 rings (SSSR count). The van der Waals surface area contributed by atoms with Crippen LogP contribution in [0, 0.1) is 0 Å². The van der Waals surface area contributed by atoms with Crippen LogP contribution >= 0.6 is 0 Å². The Hall–Kier alpha value is -2.35. The molecule has 1 aromatic carbocycles. The van der Waals surface area contributed by atoms with Crippen LogP contribution < -0.4 is 15.1 Å². The van der Waals surface area contributed by atoms with E-state index in [9.17, 15) is 14.0 Å². The van der Waals surface area contributed by atoms with Crippen LogP contribution in [0.25, 0.3) is 0 Å². The number of nitrogens with zero attached hydrogens (tertiary/aromatic N) is 2. The van der Waals surface area contributed by atoms with E-state index in [1.54, 1.807) is 29.2 Å². The Labute approximate surface area is 139 Å². The number of carbonyl (C=O) groups is 2. The van der Waals surface area contributed by atoms with Crippen LogP contribution in [0.4, 0.5) is 20.6 Å².